The highest BCUT2D eigenvalue weighted by molar-refractivity contribution is 6.08. The second-order valence-electron chi connectivity index (χ2n) is 5.30. The highest BCUT2D eigenvalue weighted by Gasteiger charge is 2.38. The Morgan fingerprint density at radius 1 is 1.33 bits per heavy atom. The first-order chi connectivity index (χ1) is 10.1. The fourth-order valence-corrected chi connectivity index (χ4v) is 3.02. The number of hydrogen-bond donors (Lipinski definition) is 1. The van der Waals surface area contributed by atoms with Gasteiger partial charge < -0.3 is 14.6 Å². The number of carbonyl (C=O) groups excluding carboxylic acids is 1. The molecule has 0 radical (unpaired) electrons. The molecule has 0 saturated heterocycles. The van der Waals surface area contributed by atoms with Crippen LogP contribution >= 0.6 is 0 Å². The van der Waals surface area contributed by atoms with Crippen molar-refractivity contribution in [3.8, 4) is 11.5 Å². The number of ketones is 1. The third kappa shape index (κ3) is 1.98. The predicted molar refractivity (Wildman–Crippen MR) is 80.1 cm³/mol. The van der Waals surface area contributed by atoms with E-state index in [9.17, 15) is 9.90 Å². The molecule has 110 valence electrons. The fourth-order valence-electron chi connectivity index (χ4n) is 3.02. The van der Waals surface area contributed by atoms with Crippen LogP contribution in [0.1, 0.15) is 42.6 Å². The number of aromatic hydroxyl groups is 1. The van der Waals surface area contributed by atoms with Gasteiger partial charge in [-0.25, -0.2) is 0 Å². The van der Waals surface area contributed by atoms with Gasteiger partial charge in [-0.1, -0.05) is 31.2 Å². The minimum Gasteiger partial charge on any atom is -0.507 e. The zero-order valence-electron chi connectivity index (χ0n) is 12.3. The Labute approximate surface area is 123 Å². The van der Waals surface area contributed by atoms with Gasteiger partial charge in [-0.15, -0.1) is 0 Å². The van der Waals surface area contributed by atoms with Crippen LogP contribution < -0.4 is 4.74 Å². The average molecular weight is 286 g/mol. The smallest absolute Gasteiger partial charge is 0.206 e. The van der Waals surface area contributed by atoms with Crippen molar-refractivity contribution in [2.75, 3.05) is 6.61 Å². The van der Waals surface area contributed by atoms with E-state index >= 15 is 0 Å². The first kappa shape index (κ1) is 13.9. The minimum atomic E-state index is -0.423. The SMILES string of the molecule is CCO[C@@H]1Oc2c(c(C(C)=O)c(O)c3ccccc23)[C@H]1C. The summed E-state index contributed by atoms with van der Waals surface area (Å²) in [6.45, 7) is 5.85. The summed E-state index contributed by atoms with van der Waals surface area (Å²) in [5, 5.41) is 11.9. The second-order valence-corrected chi connectivity index (χ2v) is 5.30. The van der Waals surface area contributed by atoms with Gasteiger partial charge in [0.05, 0.1) is 5.56 Å². The molecule has 1 N–H and O–H groups in total. The molecular formula is C17H18O4. The first-order valence-electron chi connectivity index (χ1n) is 7.13. The van der Waals surface area contributed by atoms with Gasteiger partial charge in [0, 0.05) is 28.9 Å². The highest BCUT2D eigenvalue weighted by Crippen LogP contribution is 2.49. The molecule has 4 heteroatoms. The summed E-state index contributed by atoms with van der Waals surface area (Å²) in [6, 6.07) is 7.40. The second kappa shape index (κ2) is 5.04. The van der Waals surface area contributed by atoms with Gasteiger partial charge in [0.25, 0.3) is 0 Å². The van der Waals surface area contributed by atoms with E-state index in [1.165, 1.54) is 6.92 Å². The van der Waals surface area contributed by atoms with Crippen molar-refractivity contribution in [2.45, 2.75) is 33.0 Å². The van der Waals surface area contributed by atoms with Crippen LogP contribution in [0, 0.1) is 0 Å². The van der Waals surface area contributed by atoms with Crippen molar-refractivity contribution in [3.05, 3.63) is 35.4 Å². The molecule has 21 heavy (non-hydrogen) atoms. The lowest BCUT2D eigenvalue weighted by molar-refractivity contribution is -0.0728. The number of hydrogen-bond acceptors (Lipinski definition) is 4. The molecule has 1 heterocycles. The van der Waals surface area contributed by atoms with Crippen molar-refractivity contribution < 1.29 is 19.4 Å². The molecule has 3 rings (SSSR count). The number of rotatable bonds is 3. The average Bonchev–Trinajstić information content (AvgIpc) is 2.78. The van der Waals surface area contributed by atoms with E-state index in [-0.39, 0.29) is 17.5 Å². The molecule has 2 atom stereocenters. The number of ether oxygens (including phenoxy) is 2. The van der Waals surface area contributed by atoms with Crippen LogP contribution in [0.15, 0.2) is 24.3 Å². The van der Waals surface area contributed by atoms with E-state index in [4.69, 9.17) is 9.47 Å². The maximum absolute atomic E-state index is 12.0. The lowest BCUT2D eigenvalue weighted by atomic mass is 9.90. The molecule has 0 spiro atoms. The molecule has 0 aliphatic carbocycles. The molecule has 0 saturated carbocycles. The lowest BCUT2D eigenvalue weighted by Gasteiger charge is -2.15. The summed E-state index contributed by atoms with van der Waals surface area (Å²) in [5.74, 6) is 0.417. The molecule has 2 aromatic rings. The maximum atomic E-state index is 12.0. The third-order valence-corrected chi connectivity index (χ3v) is 3.96. The molecule has 0 unspecified atom stereocenters. The standard InChI is InChI=1S/C17H18O4/c1-4-20-17-9(2)13-14(10(3)18)15(19)11-7-5-6-8-12(11)16(13)21-17/h5-9,17,19H,4H2,1-3H3/t9-,17-/m1/s1. The topological polar surface area (TPSA) is 55.8 Å². The largest absolute Gasteiger partial charge is 0.507 e. The normalized spacial score (nSPS) is 20.3. The van der Waals surface area contributed by atoms with E-state index < -0.39 is 6.29 Å². The van der Waals surface area contributed by atoms with Gasteiger partial charge in [0.15, 0.2) is 5.78 Å². The fraction of sp³-hybridized carbons (Fsp3) is 0.353. The molecule has 0 aromatic heterocycles. The summed E-state index contributed by atoms with van der Waals surface area (Å²) in [7, 11) is 0. The Morgan fingerprint density at radius 3 is 2.62 bits per heavy atom. The maximum Gasteiger partial charge on any atom is 0.206 e. The third-order valence-electron chi connectivity index (χ3n) is 3.96. The summed E-state index contributed by atoms with van der Waals surface area (Å²) in [5.41, 5.74) is 1.09. The molecule has 0 bridgehead atoms. The number of phenols is 1. The Morgan fingerprint density at radius 2 is 2.00 bits per heavy atom. The van der Waals surface area contributed by atoms with E-state index in [0.717, 1.165) is 10.9 Å². The van der Waals surface area contributed by atoms with Crippen LogP contribution in [0.5, 0.6) is 11.5 Å². The number of carbonyl (C=O) groups is 1. The van der Waals surface area contributed by atoms with Crippen LogP contribution in [-0.2, 0) is 4.74 Å². The quantitative estimate of drug-likeness (QED) is 0.876. The molecule has 0 fully saturated rings. The van der Waals surface area contributed by atoms with Gasteiger partial charge in [-0.05, 0) is 13.8 Å². The Kier molecular flexibility index (Phi) is 3.33. The summed E-state index contributed by atoms with van der Waals surface area (Å²) in [4.78, 5) is 12.0. The number of Topliss-reactive ketones (excluding diaryl/α,β-unsaturated/α-hetero) is 1. The molecule has 4 nitrogen and oxygen atoms in total. The summed E-state index contributed by atoms with van der Waals surface area (Å²) < 4.78 is 11.5. The highest BCUT2D eigenvalue weighted by atomic mass is 16.7. The van der Waals surface area contributed by atoms with Crippen LogP contribution in [-0.4, -0.2) is 23.8 Å². The van der Waals surface area contributed by atoms with Gasteiger partial charge >= 0.3 is 0 Å². The van der Waals surface area contributed by atoms with E-state index in [1.807, 2.05) is 32.0 Å². The number of fused-ring (bicyclic) bond motifs is 3. The first-order valence-corrected chi connectivity index (χ1v) is 7.13. The summed E-state index contributed by atoms with van der Waals surface area (Å²) >= 11 is 0. The number of benzene rings is 2. The van der Waals surface area contributed by atoms with Crippen molar-refractivity contribution in [1.29, 1.82) is 0 Å². The Bertz CT molecular complexity index is 720. The van der Waals surface area contributed by atoms with Crippen LogP contribution in [0.4, 0.5) is 0 Å². The van der Waals surface area contributed by atoms with E-state index in [1.54, 1.807) is 6.07 Å². The molecule has 1 aliphatic rings. The Hall–Kier alpha value is -2.07. The molecule has 0 amide bonds. The molecule has 2 aromatic carbocycles. The van der Waals surface area contributed by atoms with E-state index in [0.29, 0.717) is 23.3 Å². The van der Waals surface area contributed by atoms with Gasteiger partial charge in [-0.2, -0.15) is 0 Å². The van der Waals surface area contributed by atoms with Crippen LogP contribution in [0.3, 0.4) is 0 Å². The van der Waals surface area contributed by atoms with Crippen molar-refractivity contribution in [1.82, 2.24) is 0 Å². The van der Waals surface area contributed by atoms with E-state index in [2.05, 4.69) is 0 Å². The lowest BCUT2D eigenvalue weighted by Crippen LogP contribution is -2.21. The van der Waals surface area contributed by atoms with Crippen molar-refractivity contribution in [3.63, 3.8) is 0 Å². The van der Waals surface area contributed by atoms with Gasteiger partial charge in [0.1, 0.15) is 11.5 Å². The van der Waals surface area contributed by atoms with Gasteiger partial charge in [-0.3, -0.25) is 4.79 Å². The molecular weight excluding hydrogens is 268 g/mol. The monoisotopic (exact) mass is 286 g/mol. The number of phenolic OH excluding ortho intramolecular Hbond substituents is 1. The zero-order chi connectivity index (χ0) is 15.1. The molecule has 1 aliphatic heterocycles. The van der Waals surface area contributed by atoms with Gasteiger partial charge in [0.2, 0.25) is 6.29 Å². The van der Waals surface area contributed by atoms with Crippen molar-refractivity contribution >= 4 is 16.6 Å². The van der Waals surface area contributed by atoms with Crippen LogP contribution in [0.2, 0.25) is 0 Å². The van der Waals surface area contributed by atoms with Crippen LogP contribution in [0.25, 0.3) is 10.8 Å². The summed E-state index contributed by atoms with van der Waals surface area (Å²) in [6.07, 6.45) is -0.423. The Balaban J connectivity index is 2.34. The predicted octanol–water partition coefficient (Wildman–Crippen LogP) is 3.61. The zero-order valence-corrected chi connectivity index (χ0v) is 12.3. The minimum absolute atomic E-state index is 0.0319. The van der Waals surface area contributed by atoms with Crippen molar-refractivity contribution in [2.24, 2.45) is 0 Å².